The van der Waals surface area contributed by atoms with E-state index < -0.39 is 17.8 Å². The van der Waals surface area contributed by atoms with Crippen LogP contribution in [0.25, 0.3) is 0 Å². The van der Waals surface area contributed by atoms with Crippen molar-refractivity contribution in [3.05, 3.63) is 63.6 Å². The zero-order valence-corrected chi connectivity index (χ0v) is 15.6. The van der Waals surface area contributed by atoms with Crippen LogP contribution in [0.1, 0.15) is 18.1 Å². The van der Waals surface area contributed by atoms with Gasteiger partial charge in [-0.25, -0.2) is 0 Å². The summed E-state index contributed by atoms with van der Waals surface area (Å²) in [6.07, 6.45) is -4.37. The molecular weight excluding hydrogens is 388 g/mol. The molecule has 1 N–H and O–H groups in total. The van der Waals surface area contributed by atoms with Gasteiger partial charge in [0.2, 0.25) is 5.91 Å². The molecule has 0 aliphatic carbocycles. The second-order valence-electron chi connectivity index (χ2n) is 5.93. The number of hydrogen-bond donors (Lipinski definition) is 1. The highest BCUT2D eigenvalue weighted by atomic mass is 35.5. The second kappa shape index (κ2) is 8.29. The Kier molecular flexibility index (Phi) is 6.55. The molecule has 0 saturated heterocycles. The number of nitrogens with one attached hydrogen (secondary N) is 1. The lowest BCUT2D eigenvalue weighted by atomic mass is 10.1. The van der Waals surface area contributed by atoms with Gasteiger partial charge in [0, 0.05) is 22.3 Å². The summed E-state index contributed by atoms with van der Waals surface area (Å²) < 4.78 is 37.8. The molecule has 0 heterocycles. The zero-order valence-electron chi connectivity index (χ0n) is 14.1. The second-order valence-corrected chi connectivity index (χ2v) is 6.81. The van der Waals surface area contributed by atoms with Gasteiger partial charge in [-0.1, -0.05) is 35.3 Å². The number of carbonyl (C=O) groups is 1. The number of halogens is 5. The highest BCUT2D eigenvalue weighted by Crippen LogP contribution is 2.29. The Morgan fingerprint density at radius 1 is 1.12 bits per heavy atom. The molecule has 0 fully saturated rings. The molecule has 3 nitrogen and oxygen atoms in total. The Balaban J connectivity index is 1.99. The number of benzene rings is 2. The molecule has 2 aromatic carbocycles. The molecule has 0 spiro atoms. The average Bonchev–Trinajstić information content (AvgIpc) is 2.52. The van der Waals surface area contributed by atoms with Crippen LogP contribution in [-0.2, 0) is 17.5 Å². The number of carbonyl (C=O) groups excluding carboxylic acids is 1. The highest BCUT2D eigenvalue weighted by Gasteiger charge is 2.30. The maximum Gasteiger partial charge on any atom is 0.416 e. The molecule has 0 saturated carbocycles. The Bertz CT molecular complexity index is 759. The van der Waals surface area contributed by atoms with E-state index in [0.717, 1.165) is 12.1 Å². The van der Waals surface area contributed by atoms with E-state index in [-0.39, 0.29) is 5.91 Å². The molecule has 0 aliphatic heterocycles. The first kappa shape index (κ1) is 20.6. The molecule has 2 aromatic rings. The normalized spacial score (nSPS) is 12.9. The fourth-order valence-electron chi connectivity index (χ4n) is 2.30. The van der Waals surface area contributed by atoms with Gasteiger partial charge in [-0.15, -0.1) is 0 Å². The molecule has 1 atom stereocenters. The van der Waals surface area contributed by atoms with Gasteiger partial charge in [0.05, 0.1) is 11.6 Å². The summed E-state index contributed by atoms with van der Waals surface area (Å²) in [7, 11) is 1.72. The van der Waals surface area contributed by atoms with Crippen molar-refractivity contribution in [3.8, 4) is 0 Å². The van der Waals surface area contributed by atoms with E-state index in [1.54, 1.807) is 37.1 Å². The van der Waals surface area contributed by atoms with Gasteiger partial charge in [-0.2, -0.15) is 13.2 Å². The number of anilines is 1. The molecule has 0 aromatic heterocycles. The van der Waals surface area contributed by atoms with Crippen LogP contribution in [0, 0.1) is 0 Å². The highest BCUT2D eigenvalue weighted by molar-refractivity contribution is 6.35. The average molecular weight is 405 g/mol. The van der Waals surface area contributed by atoms with Crippen LogP contribution in [0.3, 0.4) is 0 Å². The minimum Gasteiger partial charge on any atom is -0.325 e. The van der Waals surface area contributed by atoms with E-state index >= 15 is 0 Å². The summed E-state index contributed by atoms with van der Waals surface area (Å²) in [6, 6.07) is 9.06. The number of rotatable bonds is 5. The molecule has 0 bridgehead atoms. The van der Waals surface area contributed by atoms with Crippen molar-refractivity contribution in [2.45, 2.75) is 25.7 Å². The summed E-state index contributed by atoms with van der Waals surface area (Å²) in [6.45, 7) is 2.02. The zero-order chi connectivity index (χ0) is 19.5. The van der Waals surface area contributed by atoms with Crippen molar-refractivity contribution in [2.75, 3.05) is 12.4 Å². The maximum absolute atomic E-state index is 12.6. The van der Waals surface area contributed by atoms with Crippen molar-refractivity contribution in [1.82, 2.24) is 4.90 Å². The van der Waals surface area contributed by atoms with Crippen LogP contribution in [-0.4, -0.2) is 23.9 Å². The van der Waals surface area contributed by atoms with Gasteiger partial charge in [0.1, 0.15) is 0 Å². The van der Waals surface area contributed by atoms with E-state index in [4.69, 9.17) is 23.2 Å². The fourth-order valence-corrected chi connectivity index (χ4v) is 2.82. The summed E-state index contributed by atoms with van der Waals surface area (Å²) in [5.74, 6) is -0.280. The van der Waals surface area contributed by atoms with Crippen LogP contribution in [0.5, 0.6) is 0 Å². The van der Waals surface area contributed by atoms with E-state index in [2.05, 4.69) is 5.32 Å². The predicted octanol–water partition coefficient (Wildman–Crippen LogP) is 5.47. The molecule has 0 unspecified atom stereocenters. The van der Waals surface area contributed by atoms with Crippen LogP contribution >= 0.6 is 23.2 Å². The molecule has 0 radical (unpaired) electrons. The lowest BCUT2D eigenvalue weighted by molar-refractivity contribution is -0.137. The van der Waals surface area contributed by atoms with E-state index in [9.17, 15) is 18.0 Å². The van der Waals surface area contributed by atoms with Gasteiger partial charge >= 0.3 is 6.18 Å². The molecule has 2 rings (SSSR count). The molecule has 26 heavy (non-hydrogen) atoms. The van der Waals surface area contributed by atoms with Crippen LogP contribution in [0.2, 0.25) is 10.0 Å². The first-order chi connectivity index (χ1) is 12.1. The third-order valence-electron chi connectivity index (χ3n) is 3.88. The minimum atomic E-state index is -4.37. The molecule has 8 heteroatoms. The molecule has 140 valence electrons. The largest absolute Gasteiger partial charge is 0.416 e. The van der Waals surface area contributed by atoms with Crippen molar-refractivity contribution < 1.29 is 18.0 Å². The monoisotopic (exact) mass is 404 g/mol. The van der Waals surface area contributed by atoms with Crippen molar-refractivity contribution in [2.24, 2.45) is 0 Å². The maximum atomic E-state index is 12.6. The quantitative estimate of drug-likeness (QED) is 0.716. The number of hydrogen-bond acceptors (Lipinski definition) is 2. The number of likely N-dealkylation sites (N-methyl/N-ethyl adjacent to an activating group) is 1. The van der Waals surface area contributed by atoms with E-state index in [1.807, 2.05) is 0 Å². The Morgan fingerprint density at radius 2 is 1.65 bits per heavy atom. The fraction of sp³-hybridized carbons (Fsp3) is 0.278. The smallest absolute Gasteiger partial charge is 0.325 e. The Labute approximate surface area is 159 Å². The van der Waals surface area contributed by atoms with Gasteiger partial charge in [0.15, 0.2) is 0 Å². The summed E-state index contributed by atoms with van der Waals surface area (Å²) in [5.41, 5.74) is 0.445. The van der Waals surface area contributed by atoms with Gasteiger partial charge in [0.25, 0.3) is 0 Å². The van der Waals surface area contributed by atoms with Gasteiger partial charge < -0.3 is 5.32 Å². The number of alkyl halides is 3. The molecule has 0 aliphatic rings. The van der Waals surface area contributed by atoms with E-state index in [1.165, 1.54) is 12.1 Å². The Morgan fingerprint density at radius 3 is 2.15 bits per heavy atom. The van der Waals surface area contributed by atoms with Crippen molar-refractivity contribution in [3.63, 3.8) is 0 Å². The lowest BCUT2D eigenvalue weighted by Crippen LogP contribution is -2.39. The van der Waals surface area contributed by atoms with Crippen LogP contribution in [0.4, 0.5) is 18.9 Å². The standard InChI is InChI=1S/C18H17Cl2F3N2O/c1-11(17(26)24-16-8-14(19)7-15(20)9-16)25(2)10-12-3-5-13(6-4-12)18(21,22)23/h3-9,11H,10H2,1-2H3,(H,24,26)/t11-/m1/s1. The predicted molar refractivity (Wildman–Crippen MR) is 97.5 cm³/mol. The van der Waals surface area contributed by atoms with Gasteiger partial charge in [-0.3, -0.25) is 9.69 Å². The minimum absolute atomic E-state index is 0.280. The van der Waals surface area contributed by atoms with Crippen molar-refractivity contribution in [1.29, 1.82) is 0 Å². The first-order valence-electron chi connectivity index (χ1n) is 7.69. The van der Waals surface area contributed by atoms with Gasteiger partial charge in [-0.05, 0) is 49.9 Å². The number of nitrogens with zero attached hydrogens (tertiary/aromatic N) is 1. The third-order valence-corrected chi connectivity index (χ3v) is 4.32. The SMILES string of the molecule is C[C@H](C(=O)Nc1cc(Cl)cc(Cl)c1)N(C)Cc1ccc(C(F)(F)F)cc1. The molecule has 1 amide bonds. The topological polar surface area (TPSA) is 32.3 Å². The summed E-state index contributed by atoms with van der Waals surface area (Å²) >= 11 is 11.8. The van der Waals surface area contributed by atoms with Crippen LogP contribution < -0.4 is 5.32 Å². The van der Waals surface area contributed by atoms with Crippen molar-refractivity contribution >= 4 is 34.8 Å². The number of amides is 1. The first-order valence-corrected chi connectivity index (χ1v) is 8.45. The molecular formula is C18H17Cl2F3N2O. The summed E-state index contributed by atoms with van der Waals surface area (Å²) in [5, 5.41) is 3.52. The van der Waals surface area contributed by atoms with E-state index in [0.29, 0.717) is 27.8 Å². The lowest BCUT2D eigenvalue weighted by Gasteiger charge is -2.24. The summed E-state index contributed by atoms with van der Waals surface area (Å²) in [4.78, 5) is 14.1. The Hall–Kier alpha value is -1.76. The third kappa shape index (κ3) is 5.62. The van der Waals surface area contributed by atoms with Crippen LogP contribution in [0.15, 0.2) is 42.5 Å².